The fourth-order valence-electron chi connectivity index (χ4n) is 0. The van der Waals surface area contributed by atoms with Gasteiger partial charge >= 0.3 is 0 Å². The Morgan fingerprint density at radius 3 is 0.200 bits per heavy atom. The summed E-state index contributed by atoms with van der Waals surface area (Å²) in [5, 5.41) is 0. The van der Waals surface area contributed by atoms with E-state index in [4.69, 9.17) is 0 Å². The summed E-state index contributed by atoms with van der Waals surface area (Å²) in [7, 11) is 0. The first-order valence-corrected chi connectivity index (χ1v) is 0. The van der Waals surface area contributed by atoms with Gasteiger partial charge in [0, 0.05) is 229 Å². The number of rotatable bonds is 0. The van der Waals surface area contributed by atoms with Crippen LogP contribution in [-0.4, -0.2) is 0 Å². The minimum absolute atomic E-state index is 0. The monoisotopic (exact) mass is 667 g/mol. The second-order valence-electron chi connectivity index (χ2n) is 0. The van der Waals surface area contributed by atoms with Gasteiger partial charge in [-0.3, -0.25) is 0 Å². The first kappa shape index (κ1) is 83.1. The molecule has 0 bridgehead atoms. The van der Waals surface area contributed by atoms with Crippen molar-refractivity contribution < 1.29 is 229 Å². The first-order chi connectivity index (χ1) is 0. The van der Waals surface area contributed by atoms with Crippen molar-refractivity contribution in [3.05, 3.63) is 22.3 Å². The maximum Gasteiger partial charge on any atom is 0 e. The van der Waals surface area contributed by atoms with Crippen molar-refractivity contribution in [1.82, 2.24) is 0 Å². The Labute approximate surface area is 243 Å². The van der Waals surface area contributed by atoms with Gasteiger partial charge in [-0.25, -0.2) is 0 Å². The average molecular weight is 667 g/mol. The van der Waals surface area contributed by atoms with Gasteiger partial charge in [-0.1, -0.05) is 0 Å². The van der Waals surface area contributed by atoms with E-state index in [1.54, 1.807) is 0 Å². The fourth-order valence-corrected chi connectivity index (χ4v) is 0. The normalized spacial score (nSPS) is 0. The summed E-state index contributed by atoms with van der Waals surface area (Å²) in [5.41, 5.74) is 0. The quantitative estimate of drug-likeness (QED) is 0.343. The third-order valence-corrected chi connectivity index (χ3v) is 0. The van der Waals surface area contributed by atoms with Gasteiger partial charge in [0.05, 0.1) is 0 Å². The molecule has 0 aliphatic heterocycles. The van der Waals surface area contributed by atoms with E-state index >= 15 is 0 Å². The van der Waals surface area contributed by atoms with Crippen LogP contribution in [0.25, 0.3) is 0 Å². The number of hydrogen-bond donors (Lipinski definition) is 0. The second-order valence-corrected chi connectivity index (χ2v) is 0. The van der Waals surface area contributed by atoms with E-state index in [-0.39, 0.29) is 251 Å². The van der Waals surface area contributed by atoms with Crippen LogP contribution in [-0.2, 0) is 229 Å². The van der Waals surface area contributed by atoms with Gasteiger partial charge in [0.1, 0.15) is 0 Å². The van der Waals surface area contributed by atoms with E-state index in [2.05, 4.69) is 0 Å². The Morgan fingerprint density at radius 2 is 0.200 bits per heavy atom. The predicted molar refractivity (Wildman–Crippen MR) is 19.2 cm³/mol. The largest absolute Gasteiger partial charge is 0.358 e. The Kier molecular flexibility index (Phi) is 576. The van der Waals surface area contributed by atoms with Crippen molar-refractivity contribution in [1.29, 1.82) is 0 Å². The first-order valence-electron chi connectivity index (χ1n) is 0. The van der Waals surface area contributed by atoms with Crippen molar-refractivity contribution in [2.75, 3.05) is 0 Å². The summed E-state index contributed by atoms with van der Waals surface area (Å²) in [5.74, 6) is 0. The van der Waals surface area contributed by atoms with Crippen molar-refractivity contribution in [2.45, 2.75) is 0 Å². The van der Waals surface area contributed by atoms with E-state index in [1.165, 1.54) is 0 Å². The fraction of sp³-hybridized carbons (Fsp3) is 0. The topological polar surface area (TPSA) is 0 Å². The van der Waals surface area contributed by atoms with Crippen molar-refractivity contribution in [3.63, 3.8) is 0 Å². The van der Waals surface area contributed by atoms with E-state index in [0.717, 1.165) is 0 Å². The Balaban J connectivity index is 0. The van der Waals surface area contributed by atoms with E-state index in [9.17, 15) is 0 Å². The Morgan fingerprint density at radius 1 is 0.200 bits per heavy atom. The molecule has 0 aliphatic rings. The molecule has 0 N–H and O–H groups in total. The van der Waals surface area contributed by atoms with Crippen LogP contribution in [0.1, 0.15) is 0 Å². The molecule has 0 aromatic carbocycles. The molecule has 7 radical (unpaired) electrons. The third-order valence-electron chi connectivity index (χ3n) is 0. The van der Waals surface area contributed by atoms with Crippen molar-refractivity contribution in [2.24, 2.45) is 0 Å². The molecule has 0 saturated carbocycles. The molecule has 0 fully saturated rings. The SMILES string of the molecule is [CH3-].[CH3-].[CH3-].[Y].[Y].[Y].[Y].[Y].[Y].[Y]. The van der Waals surface area contributed by atoms with Crippen LogP contribution in [0.3, 0.4) is 0 Å². The predicted octanol–water partition coefficient (Wildman–Crippen LogP) is 1.33. The van der Waals surface area contributed by atoms with Crippen LogP contribution in [0.15, 0.2) is 0 Å². The molecule has 0 rings (SSSR count). The standard InChI is InChI=1S/3CH3.7Y/h3*1H3;;;;;;;/q3*-1;;;;;;;. The second kappa shape index (κ2) is 69.3. The molecule has 0 spiro atoms. The number of hydrogen-bond acceptors (Lipinski definition) is 0. The molecule has 0 amide bonds. The van der Waals surface area contributed by atoms with Gasteiger partial charge in [0.15, 0.2) is 0 Å². The van der Waals surface area contributed by atoms with Crippen LogP contribution < -0.4 is 0 Å². The molecular weight excluding hydrogens is 658 g/mol. The van der Waals surface area contributed by atoms with Crippen LogP contribution in [0.4, 0.5) is 0 Å². The van der Waals surface area contributed by atoms with Crippen LogP contribution in [0.5, 0.6) is 0 Å². The molecule has 7 heteroatoms. The van der Waals surface area contributed by atoms with E-state index in [1.807, 2.05) is 0 Å². The van der Waals surface area contributed by atoms with Crippen molar-refractivity contribution in [3.8, 4) is 0 Å². The molecular formula is C3H9Y7-3. The summed E-state index contributed by atoms with van der Waals surface area (Å²) in [6, 6.07) is 0. The van der Waals surface area contributed by atoms with E-state index in [0.29, 0.717) is 0 Å². The molecule has 0 unspecified atom stereocenters. The molecule has 0 atom stereocenters. The maximum absolute atomic E-state index is 0. The average Bonchev–Trinajstić information content (AvgIpc) is 0. The summed E-state index contributed by atoms with van der Waals surface area (Å²) >= 11 is 0. The molecule has 0 nitrogen and oxygen atoms in total. The minimum atomic E-state index is 0. The molecule has 0 saturated heterocycles. The zero-order valence-corrected chi connectivity index (χ0v) is 26.9. The molecule has 0 aliphatic carbocycles. The third kappa shape index (κ3) is 57.1. The van der Waals surface area contributed by atoms with E-state index < -0.39 is 0 Å². The van der Waals surface area contributed by atoms with Gasteiger partial charge in [-0.2, -0.15) is 0 Å². The maximum atomic E-state index is 0. The summed E-state index contributed by atoms with van der Waals surface area (Å²) in [6.07, 6.45) is 0. The van der Waals surface area contributed by atoms with Crippen LogP contribution >= 0.6 is 0 Å². The Hall–Kier alpha value is 7.73. The Bertz CT molecular complexity index is 8.81. The van der Waals surface area contributed by atoms with Crippen LogP contribution in [0.2, 0.25) is 0 Å². The zero-order valence-electron chi connectivity index (χ0n) is 7.04. The minimum Gasteiger partial charge on any atom is -0.358 e. The van der Waals surface area contributed by atoms with Gasteiger partial charge in [0.2, 0.25) is 0 Å². The van der Waals surface area contributed by atoms with Gasteiger partial charge in [-0.15, -0.1) is 0 Å². The molecule has 0 aromatic rings. The van der Waals surface area contributed by atoms with Gasteiger partial charge in [-0.05, 0) is 0 Å². The van der Waals surface area contributed by atoms with Crippen LogP contribution in [0, 0.1) is 22.3 Å². The smallest absolute Gasteiger partial charge is 0 e. The zero-order chi connectivity index (χ0) is 0. The molecule has 10 heavy (non-hydrogen) atoms. The molecule has 0 aromatic heterocycles. The summed E-state index contributed by atoms with van der Waals surface area (Å²) < 4.78 is 0. The van der Waals surface area contributed by atoms with Crippen molar-refractivity contribution >= 4 is 0 Å². The summed E-state index contributed by atoms with van der Waals surface area (Å²) in [4.78, 5) is 0. The van der Waals surface area contributed by atoms with Gasteiger partial charge < -0.3 is 22.3 Å². The van der Waals surface area contributed by atoms with Gasteiger partial charge in [0.25, 0.3) is 0 Å². The molecule has 0 heterocycles. The molecule has 45 valence electrons. The summed E-state index contributed by atoms with van der Waals surface area (Å²) in [6.45, 7) is 0.